The summed E-state index contributed by atoms with van der Waals surface area (Å²) >= 11 is 6.14. The van der Waals surface area contributed by atoms with Crippen LogP contribution < -0.4 is 10.2 Å². The number of para-hydroxylation sites is 1. The van der Waals surface area contributed by atoms with Crippen LogP contribution in [0.25, 0.3) is 11.0 Å². The van der Waals surface area contributed by atoms with Crippen molar-refractivity contribution in [1.82, 2.24) is 19.9 Å². The molecule has 0 aliphatic heterocycles. The highest BCUT2D eigenvalue weighted by atomic mass is 35.5. The third kappa shape index (κ3) is 6.56. The van der Waals surface area contributed by atoms with Gasteiger partial charge >= 0.3 is 0 Å². The number of carbonyl (C=O) groups excluding carboxylic acids is 2. The molecule has 1 heterocycles. The minimum atomic E-state index is -0.915. The minimum absolute atomic E-state index is 0.0821. The summed E-state index contributed by atoms with van der Waals surface area (Å²) < 4.78 is 1.57. The Bertz CT molecular complexity index is 1650. The first-order chi connectivity index (χ1) is 19.8. The van der Waals surface area contributed by atoms with E-state index >= 15 is 0 Å². The molecule has 0 saturated carbocycles. The highest BCUT2D eigenvalue weighted by Gasteiger charge is 2.32. The molecule has 41 heavy (non-hydrogen) atoms. The Balaban J connectivity index is 1.53. The molecule has 0 fully saturated rings. The predicted molar refractivity (Wildman–Crippen MR) is 163 cm³/mol. The van der Waals surface area contributed by atoms with Crippen molar-refractivity contribution in [3.05, 3.63) is 119 Å². The first-order valence-corrected chi connectivity index (χ1v) is 13.6. The van der Waals surface area contributed by atoms with Gasteiger partial charge in [0.25, 0.3) is 5.91 Å². The number of rotatable bonds is 9. The molecular formula is C32H31ClN6O2. The molecule has 1 aromatic heterocycles. The smallest absolute Gasteiger partial charge is 0.251 e. The van der Waals surface area contributed by atoms with Gasteiger partial charge in [0.15, 0.2) is 0 Å². The van der Waals surface area contributed by atoms with Crippen molar-refractivity contribution in [3.63, 3.8) is 0 Å². The predicted octanol–water partition coefficient (Wildman–Crippen LogP) is 5.87. The van der Waals surface area contributed by atoms with Crippen LogP contribution in [0.5, 0.6) is 0 Å². The van der Waals surface area contributed by atoms with Gasteiger partial charge in [-0.25, -0.2) is 4.68 Å². The number of benzene rings is 4. The van der Waals surface area contributed by atoms with Crippen LogP contribution in [-0.4, -0.2) is 45.8 Å². The van der Waals surface area contributed by atoms with Gasteiger partial charge in [-0.3, -0.25) is 9.59 Å². The second-order valence-electron chi connectivity index (χ2n) is 10.1. The van der Waals surface area contributed by atoms with Crippen LogP contribution in [0.2, 0.25) is 5.02 Å². The van der Waals surface area contributed by atoms with Crippen molar-refractivity contribution >= 4 is 45.8 Å². The molecule has 0 spiro atoms. The average Bonchev–Trinajstić information content (AvgIpc) is 3.37. The van der Waals surface area contributed by atoms with E-state index in [1.165, 1.54) is 0 Å². The molecule has 208 valence electrons. The number of nitrogens with one attached hydrogen (secondary N) is 1. The maximum Gasteiger partial charge on any atom is 0.251 e. The number of hydrogen-bond donors (Lipinski definition) is 1. The Labute approximate surface area is 244 Å². The summed E-state index contributed by atoms with van der Waals surface area (Å²) in [5, 5.41) is 12.0. The third-order valence-corrected chi connectivity index (χ3v) is 7.15. The Morgan fingerprint density at radius 1 is 0.902 bits per heavy atom. The summed E-state index contributed by atoms with van der Waals surface area (Å²) in [5.41, 5.74) is 5.67. The van der Waals surface area contributed by atoms with E-state index in [1.54, 1.807) is 21.7 Å². The monoisotopic (exact) mass is 566 g/mol. The molecule has 1 atom stereocenters. The number of hydrogen-bond acceptors (Lipinski definition) is 5. The van der Waals surface area contributed by atoms with Gasteiger partial charge in [0.1, 0.15) is 18.1 Å². The first kappa shape index (κ1) is 27.9. The fourth-order valence-electron chi connectivity index (χ4n) is 4.64. The van der Waals surface area contributed by atoms with Crippen molar-refractivity contribution in [2.75, 3.05) is 24.3 Å². The van der Waals surface area contributed by atoms with E-state index in [1.807, 2.05) is 111 Å². The normalized spacial score (nSPS) is 11.7. The number of amides is 2. The van der Waals surface area contributed by atoms with E-state index < -0.39 is 6.04 Å². The van der Waals surface area contributed by atoms with E-state index in [0.717, 1.165) is 22.3 Å². The van der Waals surface area contributed by atoms with E-state index in [4.69, 9.17) is 11.6 Å². The number of aryl methyl sites for hydroxylation is 1. The molecular weight excluding hydrogens is 536 g/mol. The summed E-state index contributed by atoms with van der Waals surface area (Å²) in [6.45, 7) is 2.09. The van der Waals surface area contributed by atoms with E-state index in [-0.39, 0.29) is 24.9 Å². The van der Waals surface area contributed by atoms with Crippen LogP contribution in [0.1, 0.15) is 22.7 Å². The highest BCUT2D eigenvalue weighted by molar-refractivity contribution is 6.30. The molecule has 0 aliphatic rings. The van der Waals surface area contributed by atoms with Gasteiger partial charge in [-0.15, -0.1) is 5.10 Å². The maximum absolute atomic E-state index is 14.1. The molecule has 0 radical (unpaired) electrons. The zero-order chi connectivity index (χ0) is 28.9. The van der Waals surface area contributed by atoms with Crippen molar-refractivity contribution < 1.29 is 9.59 Å². The lowest BCUT2D eigenvalue weighted by Crippen LogP contribution is -2.42. The molecule has 5 aromatic rings. The van der Waals surface area contributed by atoms with Gasteiger partial charge in [-0.2, -0.15) is 0 Å². The average molecular weight is 567 g/mol. The van der Waals surface area contributed by atoms with E-state index in [9.17, 15) is 9.59 Å². The van der Waals surface area contributed by atoms with Crippen molar-refractivity contribution in [2.45, 2.75) is 26.1 Å². The van der Waals surface area contributed by atoms with Crippen LogP contribution in [0.4, 0.5) is 11.4 Å². The molecule has 4 aromatic carbocycles. The van der Waals surface area contributed by atoms with Crippen molar-refractivity contribution in [1.29, 1.82) is 0 Å². The molecule has 0 saturated heterocycles. The van der Waals surface area contributed by atoms with Gasteiger partial charge in [-0.1, -0.05) is 70.9 Å². The Morgan fingerprint density at radius 3 is 2.27 bits per heavy atom. The second-order valence-corrected chi connectivity index (χ2v) is 10.6. The van der Waals surface area contributed by atoms with Gasteiger partial charge in [-0.05, 0) is 66.6 Å². The van der Waals surface area contributed by atoms with Crippen LogP contribution in [0, 0.1) is 6.92 Å². The van der Waals surface area contributed by atoms with Gasteiger partial charge in [0.05, 0.1) is 5.52 Å². The molecule has 9 heteroatoms. The fraction of sp³-hybridized carbons (Fsp3) is 0.188. The molecule has 0 aliphatic carbocycles. The lowest BCUT2D eigenvalue weighted by molar-refractivity contribution is -0.140. The summed E-state index contributed by atoms with van der Waals surface area (Å²) in [5.74, 6) is -0.600. The van der Waals surface area contributed by atoms with Crippen molar-refractivity contribution in [3.8, 4) is 0 Å². The third-order valence-electron chi connectivity index (χ3n) is 6.90. The van der Waals surface area contributed by atoms with Crippen LogP contribution in [-0.2, 0) is 22.7 Å². The number of aromatic nitrogens is 3. The number of fused-ring (bicyclic) bond motifs is 1. The van der Waals surface area contributed by atoms with Crippen LogP contribution in [0.15, 0.2) is 97.1 Å². The fourth-order valence-corrected chi connectivity index (χ4v) is 4.76. The standard InChI is InChI=1S/C32H31ClN6O2/c1-22-8-12-24(13-9-22)31(32(41)34-26-16-18-27(19-17-26)37(2)3)38(20-23-10-14-25(33)15-11-23)30(40)21-39-29-7-5-4-6-28(29)35-36-39/h4-19,31H,20-21H2,1-3H3,(H,34,41)/t31-/m0/s1. The number of nitrogens with zero attached hydrogens (tertiary/aromatic N) is 5. The molecule has 0 unspecified atom stereocenters. The Morgan fingerprint density at radius 2 is 1.59 bits per heavy atom. The minimum Gasteiger partial charge on any atom is -0.378 e. The Hall–Kier alpha value is -4.69. The number of halogens is 1. The number of carbonyl (C=O) groups is 2. The van der Waals surface area contributed by atoms with Crippen molar-refractivity contribution in [2.24, 2.45) is 0 Å². The molecule has 0 bridgehead atoms. The first-order valence-electron chi connectivity index (χ1n) is 13.3. The summed E-state index contributed by atoms with van der Waals surface area (Å²) in [6, 6.07) is 29.1. The summed E-state index contributed by atoms with van der Waals surface area (Å²) in [7, 11) is 3.92. The zero-order valence-electron chi connectivity index (χ0n) is 23.2. The maximum atomic E-state index is 14.1. The van der Waals surface area contributed by atoms with Crippen LogP contribution >= 0.6 is 11.6 Å². The largest absolute Gasteiger partial charge is 0.378 e. The number of anilines is 2. The van der Waals surface area contributed by atoms with Gasteiger partial charge in [0.2, 0.25) is 5.91 Å². The topological polar surface area (TPSA) is 83.4 Å². The lowest BCUT2D eigenvalue weighted by Gasteiger charge is -2.32. The Kier molecular flexibility index (Phi) is 8.31. The van der Waals surface area contributed by atoms with Gasteiger partial charge < -0.3 is 15.1 Å². The quantitative estimate of drug-likeness (QED) is 0.241. The second kappa shape index (κ2) is 12.2. The zero-order valence-corrected chi connectivity index (χ0v) is 23.9. The molecule has 8 nitrogen and oxygen atoms in total. The summed E-state index contributed by atoms with van der Waals surface area (Å²) in [4.78, 5) is 31.7. The van der Waals surface area contributed by atoms with Crippen LogP contribution in [0.3, 0.4) is 0 Å². The van der Waals surface area contributed by atoms with Gasteiger partial charge in [0, 0.05) is 37.0 Å². The molecule has 1 N–H and O–H groups in total. The SMILES string of the molecule is Cc1ccc([C@@H](C(=O)Nc2ccc(N(C)C)cc2)N(Cc2ccc(Cl)cc2)C(=O)Cn2nnc3ccccc32)cc1. The molecule has 5 rings (SSSR count). The highest BCUT2D eigenvalue weighted by Crippen LogP contribution is 2.27. The lowest BCUT2D eigenvalue weighted by atomic mass is 10.0. The van der Waals surface area contributed by atoms with E-state index in [2.05, 4.69) is 15.6 Å². The summed E-state index contributed by atoms with van der Waals surface area (Å²) in [6.07, 6.45) is 0. The van der Waals surface area contributed by atoms with E-state index in [0.29, 0.717) is 21.8 Å². The molecule has 2 amide bonds.